The van der Waals surface area contributed by atoms with E-state index in [4.69, 9.17) is 4.74 Å². The number of halogens is 1. The van der Waals surface area contributed by atoms with E-state index in [0.29, 0.717) is 26.7 Å². The van der Waals surface area contributed by atoms with Crippen LogP contribution in [0.15, 0.2) is 67.6 Å². The topological polar surface area (TPSA) is 123 Å². The van der Waals surface area contributed by atoms with Gasteiger partial charge >= 0.3 is 0 Å². The number of carbonyl (C=O) groups is 1. The fourth-order valence-corrected chi connectivity index (χ4v) is 4.13. The number of rotatable bonds is 6. The summed E-state index contributed by atoms with van der Waals surface area (Å²) in [7, 11) is 1.60. The number of anilines is 1. The Morgan fingerprint density at radius 2 is 2.00 bits per heavy atom. The van der Waals surface area contributed by atoms with Crippen LogP contribution in [-0.4, -0.2) is 34.7 Å². The van der Waals surface area contributed by atoms with Gasteiger partial charge in [-0.2, -0.15) is 20.3 Å². The molecular weight excluding hydrogens is 500 g/mol. The molecule has 0 radical (unpaired) electrons. The van der Waals surface area contributed by atoms with E-state index in [2.05, 4.69) is 36.2 Å². The van der Waals surface area contributed by atoms with E-state index in [1.165, 1.54) is 34.5 Å². The summed E-state index contributed by atoms with van der Waals surface area (Å²) in [6.07, 6.45) is 0. The van der Waals surface area contributed by atoms with Crippen LogP contribution in [0.5, 0.6) is 5.75 Å². The van der Waals surface area contributed by atoms with E-state index in [0.717, 1.165) is 11.3 Å². The van der Waals surface area contributed by atoms with Crippen molar-refractivity contribution in [3.05, 3.63) is 62.4 Å². The number of carbonyl (C=O) groups excluding carboxylic acids is 1. The fraction of sp³-hybridized carbons (Fsp3) is 0.150. The van der Waals surface area contributed by atoms with E-state index < -0.39 is 11.0 Å². The first-order valence-electron chi connectivity index (χ1n) is 9.21. The summed E-state index contributed by atoms with van der Waals surface area (Å²) in [5, 5.41) is 26.9. The number of hydrazone groups is 1. The van der Waals surface area contributed by atoms with Crippen LogP contribution in [0.25, 0.3) is 11.3 Å². The smallest absolute Gasteiger partial charge is 0.282 e. The Kier molecular flexibility index (Phi) is 6.06. The predicted octanol–water partition coefficient (Wildman–Crippen LogP) is 5.36. The molecule has 1 aromatic heterocycles. The number of nitro benzene ring substituents is 1. The third-order valence-electron chi connectivity index (χ3n) is 4.58. The van der Waals surface area contributed by atoms with Gasteiger partial charge in [0.1, 0.15) is 5.75 Å². The monoisotopic (exact) mass is 514 g/mol. The molecule has 0 fully saturated rings. The molecule has 4 rings (SSSR count). The molecule has 0 aliphatic carbocycles. The van der Waals surface area contributed by atoms with Gasteiger partial charge in [-0.05, 0) is 53.2 Å². The van der Waals surface area contributed by atoms with E-state index in [1.54, 1.807) is 14.0 Å². The van der Waals surface area contributed by atoms with Crippen LogP contribution in [0.1, 0.15) is 6.92 Å². The Labute approximate surface area is 194 Å². The summed E-state index contributed by atoms with van der Waals surface area (Å²) < 4.78 is 5.57. The molecule has 0 N–H and O–H groups in total. The van der Waals surface area contributed by atoms with Crippen LogP contribution in [0.3, 0.4) is 0 Å². The van der Waals surface area contributed by atoms with Gasteiger partial charge < -0.3 is 4.74 Å². The van der Waals surface area contributed by atoms with E-state index in [9.17, 15) is 14.9 Å². The number of benzene rings is 2. The van der Waals surface area contributed by atoms with Gasteiger partial charge in [0.25, 0.3) is 11.6 Å². The van der Waals surface area contributed by atoms with Gasteiger partial charge in [-0.1, -0.05) is 0 Å². The Bertz CT molecular complexity index is 1260. The third-order valence-corrected chi connectivity index (χ3v) is 6.03. The largest absolute Gasteiger partial charge is 0.497 e. The van der Waals surface area contributed by atoms with Gasteiger partial charge in [0.05, 0.1) is 33.6 Å². The van der Waals surface area contributed by atoms with Crippen molar-refractivity contribution in [2.24, 2.45) is 15.3 Å². The third kappa shape index (κ3) is 4.27. The number of non-ortho nitro benzene ring substituents is 1. The molecule has 0 saturated heterocycles. The zero-order valence-electron chi connectivity index (χ0n) is 16.8. The molecular formula is C20H15BrN6O4S. The molecule has 1 aliphatic heterocycles. The second-order valence-corrected chi connectivity index (χ2v) is 8.34. The number of amides is 1. The van der Waals surface area contributed by atoms with Gasteiger partial charge in [-0.3, -0.25) is 14.9 Å². The molecule has 12 heteroatoms. The lowest BCUT2D eigenvalue weighted by Gasteiger charge is -2.08. The minimum atomic E-state index is -0.898. The summed E-state index contributed by atoms with van der Waals surface area (Å²) in [6.45, 7) is 1.68. The minimum Gasteiger partial charge on any atom is -0.497 e. The minimum absolute atomic E-state index is 0.0758. The lowest BCUT2D eigenvalue weighted by Crippen LogP contribution is -2.29. The van der Waals surface area contributed by atoms with E-state index in [1.807, 2.05) is 29.6 Å². The van der Waals surface area contributed by atoms with Crippen molar-refractivity contribution >= 4 is 55.4 Å². The zero-order chi connectivity index (χ0) is 22.8. The summed E-state index contributed by atoms with van der Waals surface area (Å²) >= 11 is 4.53. The van der Waals surface area contributed by atoms with Crippen molar-refractivity contribution in [3.63, 3.8) is 0 Å². The number of nitro groups is 1. The number of methoxy groups -OCH3 is 1. The Hall–Kier alpha value is -3.51. The van der Waals surface area contributed by atoms with Gasteiger partial charge in [-0.15, -0.1) is 11.3 Å². The van der Waals surface area contributed by atoms with Crippen molar-refractivity contribution in [1.29, 1.82) is 0 Å². The summed E-state index contributed by atoms with van der Waals surface area (Å²) in [5.74, 6) is 0.368. The Morgan fingerprint density at radius 1 is 1.25 bits per heavy atom. The standard InChI is InChI=1S/C20H15BrN6O4S/c1-11-18(24-23-16-8-5-13(27(29)30)9-15(16)21)19(28)26(25-11)20-22-17(10-32-20)12-3-6-14(31-2)7-4-12/h3-10,18H,1-2H3/t18-/m0/s1. The first-order valence-corrected chi connectivity index (χ1v) is 10.9. The summed E-state index contributed by atoms with van der Waals surface area (Å²) in [5.41, 5.74) is 2.37. The highest BCUT2D eigenvalue weighted by Crippen LogP contribution is 2.33. The maximum Gasteiger partial charge on any atom is 0.282 e. The number of hydrogen-bond acceptors (Lipinski definition) is 9. The van der Waals surface area contributed by atoms with Gasteiger partial charge in [0.15, 0.2) is 6.04 Å². The summed E-state index contributed by atoms with van der Waals surface area (Å²) in [6, 6.07) is 10.7. The lowest BCUT2D eigenvalue weighted by molar-refractivity contribution is -0.384. The van der Waals surface area contributed by atoms with Crippen molar-refractivity contribution in [2.45, 2.75) is 13.0 Å². The fourth-order valence-electron chi connectivity index (χ4n) is 2.89. The SMILES string of the molecule is COc1ccc(-c2csc(N3N=C(C)[C@H](N=Nc4ccc([N+](=O)[O-])cc4Br)C3=O)n2)cc1. The Balaban J connectivity index is 1.52. The van der Waals surface area contributed by atoms with Gasteiger partial charge in [0.2, 0.25) is 5.13 Å². The number of hydrogen-bond donors (Lipinski definition) is 0. The maximum absolute atomic E-state index is 12.9. The normalized spacial score (nSPS) is 16.0. The molecule has 1 atom stereocenters. The van der Waals surface area contributed by atoms with Crippen LogP contribution < -0.4 is 9.75 Å². The number of thiazole rings is 1. The molecule has 1 amide bonds. The van der Waals surface area contributed by atoms with Crippen molar-refractivity contribution in [2.75, 3.05) is 12.1 Å². The summed E-state index contributed by atoms with van der Waals surface area (Å²) in [4.78, 5) is 27.8. The molecule has 0 saturated carbocycles. The average molecular weight is 515 g/mol. The molecule has 0 bridgehead atoms. The number of ether oxygens (including phenoxy) is 1. The number of aromatic nitrogens is 1. The van der Waals surface area contributed by atoms with Crippen LogP contribution in [0.2, 0.25) is 0 Å². The van der Waals surface area contributed by atoms with Crippen LogP contribution in [0, 0.1) is 10.1 Å². The predicted molar refractivity (Wildman–Crippen MR) is 124 cm³/mol. The average Bonchev–Trinajstić information content (AvgIpc) is 3.38. The molecule has 0 unspecified atom stereocenters. The Morgan fingerprint density at radius 3 is 2.66 bits per heavy atom. The van der Waals surface area contributed by atoms with Crippen molar-refractivity contribution in [1.82, 2.24) is 4.98 Å². The first kappa shape index (κ1) is 21.7. The first-order chi connectivity index (χ1) is 15.4. The van der Waals surface area contributed by atoms with Crippen LogP contribution in [0.4, 0.5) is 16.5 Å². The second kappa shape index (κ2) is 8.93. The molecule has 1 aliphatic rings. The van der Waals surface area contributed by atoms with Crippen LogP contribution >= 0.6 is 27.3 Å². The van der Waals surface area contributed by atoms with Crippen LogP contribution in [-0.2, 0) is 4.79 Å². The highest BCUT2D eigenvalue weighted by Gasteiger charge is 2.36. The van der Waals surface area contributed by atoms with E-state index >= 15 is 0 Å². The van der Waals surface area contributed by atoms with Crippen molar-refractivity contribution in [3.8, 4) is 17.0 Å². The molecule has 32 heavy (non-hydrogen) atoms. The molecule has 162 valence electrons. The maximum atomic E-state index is 12.9. The van der Waals surface area contributed by atoms with Gasteiger partial charge in [-0.25, -0.2) is 4.98 Å². The molecule has 2 heterocycles. The number of nitrogens with zero attached hydrogens (tertiary/aromatic N) is 6. The quantitative estimate of drug-likeness (QED) is 0.248. The van der Waals surface area contributed by atoms with Gasteiger partial charge in [0, 0.05) is 23.1 Å². The zero-order valence-corrected chi connectivity index (χ0v) is 19.2. The number of azo groups is 1. The highest BCUT2D eigenvalue weighted by atomic mass is 79.9. The van der Waals surface area contributed by atoms with Crippen molar-refractivity contribution < 1.29 is 14.5 Å². The molecule has 0 spiro atoms. The van der Waals surface area contributed by atoms with E-state index in [-0.39, 0.29) is 11.6 Å². The lowest BCUT2D eigenvalue weighted by atomic mass is 10.2. The molecule has 3 aromatic rings. The molecule has 2 aromatic carbocycles. The highest BCUT2D eigenvalue weighted by molar-refractivity contribution is 9.10. The second-order valence-electron chi connectivity index (χ2n) is 6.65. The molecule has 10 nitrogen and oxygen atoms in total.